The number of halogens is 1. The first-order chi connectivity index (χ1) is 12.2. The quantitative estimate of drug-likeness (QED) is 0.634. The van der Waals surface area contributed by atoms with Crippen molar-refractivity contribution in [1.82, 2.24) is 15.0 Å². The normalized spacial score (nSPS) is 10.5. The van der Waals surface area contributed by atoms with Gasteiger partial charge in [-0.3, -0.25) is 0 Å². The molecule has 1 heterocycles. The number of anilines is 4. The molecule has 0 amide bonds. The van der Waals surface area contributed by atoms with Gasteiger partial charge in [0.25, 0.3) is 0 Å². The molecule has 0 aliphatic heterocycles. The Bertz CT molecular complexity index is 745. The zero-order valence-electron chi connectivity index (χ0n) is 14.3. The molecule has 2 aromatic carbocycles. The van der Waals surface area contributed by atoms with Crippen LogP contribution in [0.4, 0.5) is 23.3 Å². The van der Waals surface area contributed by atoms with Crippen LogP contribution in [0.15, 0.2) is 60.7 Å². The maximum atomic E-state index is 6.21. The monoisotopic (exact) mass is 353 g/mol. The van der Waals surface area contributed by atoms with E-state index in [-0.39, 0.29) is 5.28 Å². The first-order valence-corrected chi connectivity index (χ1v) is 8.67. The minimum Gasteiger partial charge on any atom is -0.311 e. The average Bonchev–Trinajstić information content (AvgIpc) is 2.64. The van der Waals surface area contributed by atoms with E-state index < -0.39 is 0 Å². The van der Waals surface area contributed by atoms with Gasteiger partial charge < -0.3 is 9.80 Å². The smallest absolute Gasteiger partial charge is 0.236 e. The van der Waals surface area contributed by atoms with Crippen LogP contribution in [0.2, 0.25) is 5.28 Å². The summed E-state index contributed by atoms with van der Waals surface area (Å²) >= 11 is 6.21. The van der Waals surface area contributed by atoms with E-state index in [4.69, 9.17) is 11.6 Å². The Morgan fingerprint density at radius 1 is 0.680 bits per heavy atom. The summed E-state index contributed by atoms with van der Waals surface area (Å²) in [4.78, 5) is 17.4. The zero-order chi connectivity index (χ0) is 17.6. The molecular formula is C19H20ClN5. The third-order valence-electron chi connectivity index (χ3n) is 3.84. The van der Waals surface area contributed by atoms with Gasteiger partial charge in [0, 0.05) is 24.5 Å². The highest BCUT2D eigenvalue weighted by atomic mass is 35.5. The fraction of sp³-hybridized carbons (Fsp3) is 0.211. The van der Waals surface area contributed by atoms with Crippen molar-refractivity contribution in [3.05, 3.63) is 65.9 Å². The van der Waals surface area contributed by atoms with Gasteiger partial charge >= 0.3 is 0 Å². The molecule has 3 rings (SSSR count). The second-order valence-electron chi connectivity index (χ2n) is 5.36. The lowest BCUT2D eigenvalue weighted by atomic mass is 10.3. The SMILES string of the molecule is CCN(c1ccccc1)c1nc(Cl)nc(N(CC)c2ccccc2)n1. The fourth-order valence-electron chi connectivity index (χ4n) is 2.67. The van der Waals surface area contributed by atoms with E-state index in [9.17, 15) is 0 Å². The van der Waals surface area contributed by atoms with Gasteiger partial charge in [0.2, 0.25) is 17.2 Å². The minimum atomic E-state index is 0.184. The van der Waals surface area contributed by atoms with E-state index in [2.05, 4.69) is 28.8 Å². The summed E-state index contributed by atoms with van der Waals surface area (Å²) in [6.45, 7) is 5.56. The predicted molar refractivity (Wildman–Crippen MR) is 103 cm³/mol. The molecule has 5 nitrogen and oxygen atoms in total. The molecule has 0 N–H and O–H groups in total. The van der Waals surface area contributed by atoms with Crippen LogP contribution in [0.5, 0.6) is 0 Å². The molecule has 0 spiro atoms. The van der Waals surface area contributed by atoms with Gasteiger partial charge in [-0.2, -0.15) is 15.0 Å². The standard InChI is InChI=1S/C19H20ClN5/c1-3-24(15-11-7-5-8-12-15)18-21-17(20)22-19(23-18)25(4-2)16-13-9-6-10-14-16/h5-14H,3-4H2,1-2H3. The van der Waals surface area contributed by atoms with Crippen LogP contribution < -0.4 is 9.80 Å². The summed E-state index contributed by atoms with van der Waals surface area (Å²) < 4.78 is 0. The first kappa shape index (κ1) is 17.2. The van der Waals surface area contributed by atoms with Gasteiger partial charge in [0.1, 0.15) is 0 Å². The third-order valence-corrected chi connectivity index (χ3v) is 4.00. The van der Waals surface area contributed by atoms with Gasteiger partial charge in [0.15, 0.2) is 0 Å². The molecule has 0 aliphatic rings. The summed E-state index contributed by atoms with van der Waals surface area (Å²) in [5.41, 5.74) is 2.03. The predicted octanol–water partition coefficient (Wildman–Crippen LogP) is 4.84. The Labute approximate surface area is 152 Å². The number of nitrogens with zero attached hydrogens (tertiary/aromatic N) is 5. The van der Waals surface area contributed by atoms with E-state index in [0.29, 0.717) is 11.9 Å². The lowest BCUT2D eigenvalue weighted by Gasteiger charge is -2.24. The maximum Gasteiger partial charge on any atom is 0.236 e. The van der Waals surface area contributed by atoms with E-state index in [1.165, 1.54) is 0 Å². The Kier molecular flexibility index (Phi) is 5.46. The molecule has 0 radical (unpaired) electrons. The highest BCUT2D eigenvalue weighted by Crippen LogP contribution is 2.27. The van der Waals surface area contributed by atoms with E-state index >= 15 is 0 Å². The Morgan fingerprint density at radius 2 is 1.08 bits per heavy atom. The maximum absolute atomic E-state index is 6.21. The van der Waals surface area contributed by atoms with Crippen molar-refractivity contribution < 1.29 is 0 Å². The molecule has 3 aromatic rings. The van der Waals surface area contributed by atoms with E-state index in [1.807, 2.05) is 70.5 Å². The molecule has 0 atom stereocenters. The molecular weight excluding hydrogens is 334 g/mol. The number of hydrogen-bond acceptors (Lipinski definition) is 5. The van der Waals surface area contributed by atoms with Gasteiger partial charge in [0.05, 0.1) is 0 Å². The Hall–Kier alpha value is -2.66. The molecule has 0 saturated heterocycles. The van der Waals surface area contributed by atoms with Gasteiger partial charge in [-0.15, -0.1) is 0 Å². The number of para-hydroxylation sites is 2. The molecule has 128 valence electrons. The topological polar surface area (TPSA) is 45.2 Å². The largest absolute Gasteiger partial charge is 0.311 e. The van der Waals surface area contributed by atoms with Crippen LogP contribution >= 0.6 is 11.6 Å². The molecule has 0 aliphatic carbocycles. The van der Waals surface area contributed by atoms with Crippen LogP contribution in [0.1, 0.15) is 13.8 Å². The van der Waals surface area contributed by atoms with Crippen molar-refractivity contribution in [2.24, 2.45) is 0 Å². The number of aromatic nitrogens is 3. The van der Waals surface area contributed by atoms with E-state index in [1.54, 1.807) is 0 Å². The van der Waals surface area contributed by atoms with Crippen LogP contribution in [-0.4, -0.2) is 28.0 Å². The van der Waals surface area contributed by atoms with Crippen LogP contribution in [0.25, 0.3) is 0 Å². The van der Waals surface area contributed by atoms with Crippen molar-refractivity contribution in [1.29, 1.82) is 0 Å². The minimum absolute atomic E-state index is 0.184. The summed E-state index contributed by atoms with van der Waals surface area (Å²) in [7, 11) is 0. The number of hydrogen-bond donors (Lipinski definition) is 0. The van der Waals surface area contributed by atoms with E-state index in [0.717, 1.165) is 24.5 Å². The van der Waals surface area contributed by atoms with Crippen LogP contribution in [0, 0.1) is 0 Å². The third kappa shape index (κ3) is 3.88. The van der Waals surface area contributed by atoms with Crippen molar-refractivity contribution >= 4 is 34.9 Å². The van der Waals surface area contributed by atoms with Crippen molar-refractivity contribution in [3.8, 4) is 0 Å². The first-order valence-electron chi connectivity index (χ1n) is 8.29. The van der Waals surface area contributed by atoms with Crippen LogP contribution in [-0.2, 0) is 0 Å². The fourth-order valence-corrected chi connectivity index (χ4v) is 2.82. The second kappa shape index (κ2) is 7.94. The molecule has 1 aromatic heterocycles. The Balaban J connectivity index is 2.03. The zero-order valence-corrected chi connectivity index (χ0v) is 15.1. The van der Waals surface area contributed by atoms with Crippen molar-refractivity contribution in [3.63, 3.8) is 0 Å². The molecule has 0 unspecified atom stereocenters. The second-order valence-corrected chi connectivity index (χ2v) is 5.70. The lowest BCUT2D eigenvalue weighted by Crippen LogP contribution is -2.23. The Morgan fingerprint density at radius 3 is 1.44 bits per heavy atom. The molecule has 25 heavy (non-hydrogen) atoms. The highest BCUT2D eigenvalue weighted by Gasteiger charge is 2.17. The van der Waals surface area contributed by atoms with Gasteiger partial charge in [-0.05, 0) is 49.7 Å². The summed E-state index contributed by atoms with van der Waals surface area (Å²) in [6.07, 6.45) is 0. The molecule has 6 heteroatoms. The average molecular weight is 354 g/mol. The van der Waals surface area contributed by atoms with Gasteiger partial charge in [-0.1, -0.05) is 36.4 Å². The summed E-state index contributed by atoms with van der Waals surface area (Å²) in [6, 6.07) is 20.0. The summed E-state index contributed by atoms with van der Waals surface area (Å²) in [5, 5.41) is 0.184. The van der Waals surface area contributed by atoms with Crippen molar-refractivity contribution in [2.75, 3.05) is 22.9 Å². The van der Waals surface area contributed by atoms with Crippen molar-refractivity contribution in [2.45, 2.75) is 13.8 Å². The molecule has 0 saturated carbocycles. The summed E-state index contributed by atoms with van der Waals surface area (Å²) in [5.74, 6) is 1.08. The number of rotatable bonds is 6. The highest BCUT2D eigenvalue weighted by molar-refractivity contribution is 6.28. The number of benzene rings is 2. The van der Waals surface area contributed by atoms with Crippen LogP contribution in [0.3, 0.4) is 0 Å². The lowest BCUT2D eigenvalue weighted by molar-refractivity contribution is 0.882. The molecule has 0 fully saturated rings. The van der Waals surface area contributed by atoms with Gasteiger partial charge in [-0.25, -0.2) is 0 Å². The molecule has 0 bridgehead atoms.